The molecule has 10 nitrogen and oxygen atoms in total. The zero-order valence-corrected chi connectivity index (χ0v) is 21.2. The molecule has 0 radical (unpaired) electrons. The molecule has 0 bridgehead atoms. The molecule has 1 aromatic rings. The van der Waals surface area contributed by atoms with Crippen LogP contribution in [0.3, 0.4) is 0 Å². The number of nitrogens with two attached hydrogens (primary N) is 1. The quantitative estimate of drug-likeness (QED) is 0.181. The lowest BCUT2D eigenvalue weighted by molar-refractivity contribution is -0.142. The Kier molecular flexibility index (Phi) is 10.1. The van der Waals surface area contributed by atoms with Crippen molar-refractivity contribution in [2.75, 3.05) is 33.2 Å². The molecule has 1 heterocycles. The Morgan fingerprint density at radius 1 is 1.19 bits per heavy atom. The summed E-state index contributed by atoms with van der Waals surface area (Å²) in [7, 11) is 1.75. The van der Waals surface area contributed by atoms with Gasteiger partial charge in [-0.25, -0.2) is 0 Å². The zero-order chi connectivity index (χ0) is 26.1. The van der Waals surface area contributed by atoms with Gasteiger partial charge in [-0.2, -0.15) is 0 Å². The van der Waals surface area contributed by atoms with E-state index < -0.39 is 12.0 Å². The third-order valence-electron chi connectivity index (χ3n) is 7.07. The van der Waals surface area contributed by atoms with Crippen molar-refractivity contribution in [2.45, 2.75) is 69.5 Å². The van der Waals surface area contributed by atoms with Crippen LogP contribution in [-0.4, -0.2) is 94.9 Å². The van der Waals surface area contributed by atoms with Crippen LogP contribution in [0.25, 0.3) is 0 Å². The van der Waals surface area contributed by atoms with E-state index in [1.54, 1.807) is 21.7 Å². The minimum absolute atomic E-state index is 0.00666. The molecule has 3 rings (SSSR count). The van der Waals surface area contributed by atoms with Gasteiger partial charge in [0.25, 0.3) is 0 Å². The normalized spacial score (nSPS) is 18.4. The molecule has 198 valence electrons. The van der Waals surface area contributed by atoms with Crippen molar-refractivity contribution in [2.24, 2.45) is 5.73 Å². The maximum absolute atomic E-state index is 13.5. The fourth-order valence-electron chi connectivity index (χ4n) is 4.75. The Balaban J connectivity index is 1.64. The number of amides is 2. The first-order valence-corrected chi connectivity index (χ1v) is 12.9. The summed E-state index contributed by atoms with van der Waals surface area (Å²) in [5, 5.41) is 20.2. The topological polar surface area (TPSA) is 143 Å². The van der Waals surface area contributed by atoms with Gasteiger partial charge < -0.3 is 30.9 Å². The standard InChI is InChI=1S/C26H40N6O4/c1-30(21-10-6-15-31(18-21)26(27)28)23(33)17-22(29-14-5-9-19-7-3-2-4-8-19)25(36)32(20-11-12-20)16-13-24(34)35/h2-4,7-8,20-22,29H,5-6,9-18H2,1H3,(H3,27,28)(H,34,35)/t21-,22-/m0/s1. The number of guanidine groups is 1. The molecule has 10 heteroatoms. The zero-order valence-electron chi connectivity index (χ0n) is 21.2. The van der Waals surface area contributed by atoms with E-state index >= 15 is 0 Å². The van der Waals surface area contributed by atoms with E-state index in [1.165, 1.54) is 5.56 Å². The molecule has 1 saturated heterocycles. The number of hydrogen-bond donors (Lipinski definition) is 4. The SMILES string of the molecule is CN(C(=O)C[C@H](NCCCc1ccccc1)C(=O)N(CCC(=O)O)C1CC1)[C@H]1CCCN(C(=N)N)C1. The van der Waals surface area contributed by atoms with Crippen molar-refractivity contribution in [3.63, 3.8) is 0 Å². The number of nitrogens with zero attached hydrogens (tertiary/aromatic N) is 3. The molecule has 2 atom stereocenters. The molecule has 0 spiro atoms. The number of likely N-dealkylation sites (tertiary alicyclic amines) is 1. The first-order valence-electron chi connectivity index (χ1n) is 12.9. The number of benzene rings is 1. The Morgan fingerprint density at radius 3 is 2.56 bits per heavy atom. The van der Waals surface area contributed by atoms with Crippen LogP contribution in [0.15, 0.2) is 30.3 Å². The van der Waals surface area contributed by atoms with E-state index in [0.29, 0.717) is 19.6 Å². The molecule has 1 saturated carbocycles. The van der Waals surface area contributed by atoms with E-state index in [9.17, 15) is 14.4 Å². The highest BCUT2D eigenvalue weighted by molar-refractivity contribution is 5.89. The van der Waals surface area contributed by atoms with Gasteiger partial charge in [0.1, 0.15) is 0 Å². The number of aliphatic carboxylic acids is 1. The Hall–Kier alpha value is -3.14. The van der Waals surface area contributed by atoms with E-state index in [-0.39, 0.29) is 49.2 Å². The third kappa shape index (κ3) is 8.22. The Bertz CT molecular complexity index is 907. The summed E-state index contributed by atoms with van der Waals surface area (Å²) in [6, 6.07) is 9.38. The van der Waals surface area contributed by atoms with Gasteiger partial charge in [0, 0.05) is 38.8 Å². The Morgan fingerprint density at radius 2 is 1.92 bits per heavy atom. The van der Waals surface area contributed by atoms with E-state index in [0.717, 1.165) is 38.5 Å². The second-order valence-electron chi connectivity index (χ2n) is 9.84. The minimum Gasteiger partial charge on any atom is -0.481 e. The summed E-state index contributed by atoms with van der Waals surface area (Å²) < 4.78 is 0. The van der Waals surface area contributed by atoms with Gasteiger partial charge in [-0.1, -0.05) is 30.3 Å². The highest BCUT2D eigenvalue weighted by atomic mass is 16.4. The number of aryl methyl sites for hydroxylation is 1. The maximum atomic E-state index is 13.5. The largest absolute Gasteiger partial charge is 0.481 e. The predicted octanol–water partition coefficient (Wildman–Crippen LogP) is 1.25. The van der Waals surface area contributed by atoms with Gasteiger partial charge in [-0.15, -0.1) is 0 Å². The molecule has 5 N–H and O–H groups in total. The summed E-state index contributed by atoms with van der Waals surface area (Å²) >= 11 is 0. The molecular formula is C26H40N6O4. The number of carboxylic acids is 1. The van der Waals surface area contributed by atoms with Crippen LogP contribution in [0.4, 0.5) is 0 Å². The monoisotopic (exact) mass is 500 g/mol. The molecule has 1 aliphatic heterocycles. The van der Waals surface area contributed by atoms with Crippen LogP contribution in [0, 0.1) is 5.41 Å². The number of nitrogens with one attached hydrogen (secondary N) is 2. The van der Waals surface area contributed by atoms with Gasteiger partial charge in [0.15, 0.2) is 5.96 Å². The van der Waals surface area contributed by atoms with Crippen molar-refractivity contribution in [3.05, 3.63) is 35.9 Å². The average molecular weight is 501 g/mol. The lowest BCUT2D eigenvalue weighted by Gasteiger charge is -2.38. The molecule has 2 fully saturated rings. The number of rotatable bonds is 13. The third-order valence-corrected chi connectivity index (χ3v) is 7.07. The average Bonchev–Trinajstić information content (AvgIpc) is 3.71. The number of likely N-dealkylation sites (N-methyl/N-ethyl adjacent to an activating group) is 1. The molecule has 1 aromatic carbocycles. The summed E-state index contributed by atoms with van der Waals surface area (Å²) in [4.78, 5) is 43.1. The van der Waals surface area contributed by atoms with Crippen molar-refractivity contribution >= 4 is 23.7 Å². The van der Waals surface area contributed by atoms with E-state index in [2.05, 4.69) is 17.4 Å². The van der Waals surface area contributed by atoms with Crippen LogP contribution in [-0.2, 0) is 20.8 Å². The molecule has 2 aliphatic rings. The molecule has 0 aromatic heterocycles. The van der Waals surface area contributed by atoms with Gasteiger partial charge in [0.2, 0.25) is 11.8 Å². The first kappa shape index (κ1) is 27.4. The minimum atomic E-state index is -0.941. The second-order valence-corrected chi connectivity index (χ2v) is 9.84. The van der Waals surface area contributed by atoms with Gasteiger partial charge in [0.05, 0.1) is 18.9 Å². The lowest BCUT2D eigenvalue weighted by Crippen LogP contribution is -2.54. The van der Waals surface area contributed by atoms with Crippen LogP contribution in [0.2, 0.25) is 0 Å². The molecule has 36 heavy (non-hydrogen) atoms. The molecule has 0 unspecified atom stereocenters. The molecular weight excluding hydrogens is 460 g/mol. The van der Waals surface area contributed by atoms with Crippen molar-refractivity contribution in [3.8, 4) is 0 Å². The van der Waals surface area contributed by atoms with Crippen LogP contribution < -0.4 is 11.1 Å². The summed E-state index contributed by atoms with van der Waals surface area (Å²) in [6.45, 7) is 1.94. The first-order chi connectivity index (χ1) is 17.3. The Labute approximate surface area is 213 Å². The molecule has 2 amide bonds. The lowest BCUT2D eigenvalue weighted by atomic mass is 10.0. The van der Waals surface area contributed by atoms with Gasteiger partial charge in [-0.3, -0.25) is 19.8 Å². The van der Waals surface area contributed by atoms with Crippen LogP contribution in [0.5, 0.6) is 0 Å². The van der Waals surface area contributed by atoms with Gasteiger partial charge >= 0.3 is 5.97 Å². The van der Waals surface area contributed by atoms with Crippen molar-refractivity contribution in [1.82, 2.24) is 20.0 Å². The summed E-state index contributed by atoms with van der Waals surface area (Å²) in [6.07, 6.45) is 4.96. The maximum Gasteiger partial charge on any atom is 0.305 e. The number of carbonyl (C=O) groups is 3. The highest BCUT2D eigenvalue weighted by Gasteiger charge is 2.37. The number of carboxylic acid groups (broad SMARTS) is 1. The van der Waals surface area contributed by atoms with Crippen molar-refractivity contribution in [1.29, 1.82) is 5.41 Å². The highest BCUT2D eigenvalue weighted by Crippen LogP contribution is 2.28. The van der Waals surface area contributed by atoms with Crippen LogP contribution >= 0.6 is 0 Å². The number of piperidine rings is 1. The van der Waals surface area contributed by atoms with Crippen LogP contribution in [0.1, 0.15) is 50.5 Å². The number of hydrogen-bond acceptors (Lipinski definition) is 5. The predicted molar refractivity (Wildman–Crippen MR) is 137 cm³/mol. The van der Waals surface area contributed by atoms with E-state index in [1.807, 2.05) is 18.2 Å². The van der Waals surface area contributed by atoms with E-state index in [4.69, 9.17) is 16.2 Å². The van der Waals surface area contributed by atoms with Gasteiger partial charge in [-0.05, 0) is 50.6 Å². The smallest absolute Gasteiger partial charge is 0.305 e. The second kappa shape index (κ2) is 13.2. The summed E-state index contributed by atoms with van der Waals surface area (Å²) in [5.74, 6) is -1.28. The summed E-state index contributed by atoms with van der Waals surface area (Å²) in [5.41, 5.74) is 6.87. The number of carbonyl (C=O) groups excluding carboxylic acids is 2. The van der Waals surface area contributed by atoms with Crippen molar-refractivity contribution < 1.29 is 19.5 Å². The fourth-order valence-corrected chi connectivity index (χ4v) is 4.75. The molecule has 1 aliphatic carbocycles. The fraction of sp³-hybridized carbons (Fsp3) is 0.615.